The van der Waals surface area contributed by atoms with Crippen molar-refractivity contribution in [3.63, 3.8) is 0 Å². The molecule has 0 aliphatic rings. The molecule has 1 aromatic carbocycles. The number of ether oxygens (including phenoxy) is 2. The Hall–Kier alpha value is -2.57. The van der Waals surface area contributed by atoms with E-state index in [4.69, 9.17) is 9.47 Å². The van der Waals surface area contributed by atoms with Gasteiger partial charge < -0.3 is 14.4 Å². The molecule has 0 saturated carbocycles. The van der Waals surface area contributed by atoms with Gasteiger partial charge in [0.15, 0.2) is 5.82 Å². The van der Waals surface area contributed by atoms with Crippen LogP contribution in [0.1, 0.15) is 23.6 Å². The van der Waals surface area contributed by atoms with E-state index in [1.54, 1.807) is 26.2 Å². The zero-order valence-corrected chi connectivity index (χ0v) is 13.9. The minimum absolute atomic E-state index is 0.0253. The van der Waals surface area contributed by atoms with Crippen molar-refractivity contribution in [1.82, 2.24) is 20.1 Å². The zero-order valence-electron chi connectivity index (χ0n) is 13.9. The van der Waals surface area contributed by atoms with Gasteiger partial charge in [0, 0.05) is 13.5 Å². The number of hydrogen-bond donors (Lipinski definition) is 1. The van der Waals surface area contributed by atoms with Crippen LogP contribution < -0.4 is 9.47 Å². The van der Waals surface area contributed by atoms with Gasteiger partial charge in [-0.15, -0.1) is 0 Å². The predicted molar refractivity (Wildman–Crippen MR) is 85.5 cm³/mol. The van der Waals surface area contributed by atoms with Crippen LogP contribution in [0.4, 0.5) is 0 Å². The van der Waals surface area contributed by atoms with Gasteiger partial charge in [0.2, 0.25) is 5.91 Å². The summed E-state index contributed by atoms with van der Waals surface area (Å²) in [6.45, 7) is 2.21. The Morgan fingerprint density at radius 2 is 2.09 bits per heavy atom. The van der Waals surface area contributed by atoms with Crippen LogP contribution in [-0.4, -0.2) is 47.3 Å². The fourth-order valence-electron chi connectivity index (χ4n) is 2.27. The molecule has 7 heteroatoms. The molecule has 0 aliphatic carbocycles. The number of methoxy groups -OCH3 is 2. The lowest BCUT2D eigenvalue weighted by atomic mass is 10.1. The molecule has 1 amide bonds. The van der Waals surface area contributed by atoms with Crippen molar-refractivity contribution in [2.75, 3.05) is 21.3 Å². The number of H-pyrrole nitrogens is 1. The van der Waals surface area contributed by atoms with Crippen molar-refractivity contribution in [1.29, 1.82) is 0 Å². The maximum Gasteiger partial charge on any atom is 0.223 e. The molecule has 1 N–H and O–H groups in total. The number of benzene rings is 1. The highest BCUT2D eigenvalue weighted by Gasteiger charge is 2.13. The predicted octanol–water partition coefficient (Wildman–Crippen LogP) is 1.72. The lowest BCUT2D eigenvalue weighted by molar-refractivity contribution is -0.130. The molecule has 0 spiro atoms. The van der Waals surface area contributed by atoms with E-state index in [0.29, 0.717) is 25.2 Å². The minimum atomic E-state index is 0.0253. The third kappa shape index (κ3) is 4.45. The van der Waals surface area contributed by atoms with Crippen molar-refractivity contribution in [2.24, 2.45) is 0 Å². The van der Waals surface area contributed by atoms with E-state index >= 15 is 0 Å². The van der Waals surface area contributed by atoms with Crippen LogP contribution in [0.15, 0.2) is 18.2 Å². The molecular weight excluding hydrogens is 296 g/mol. The Morgan fingerprint density at radius 3 is 2.70 bits per heavy atom. The van der Waals surface area contributed by atoms with Crippen molar-refractivity contribution >= 4 is 5.91 Å². The summed E-state index contributed by atoms with van der Waals surface area (Å²) in [7, 11) is 4.98. The Bertz CT molecular complexity index is 669. The molecule has 2 rings (SSSR count). The number of nitrogens with one attached hydrogen (secondary N) is 1. The Balaban J connectivity index is 1.95. The normalized spacial score (nSPS) is 10.4. The van der Waals surface area contributed by atoms with Crippen LogP contribution in [0, 0.1) is 6.92 Å². The maximum absolute atomic E-state index is 12.3. The minimum Gasteiger partial charge on any atom is -0.497 e. The SMILES string of the molecule is COc1ccc(OC)c(CCC(=O)N(C)Cc2n[nH]c(C)n2)c1. The molecule has 0 atom stereocenters. The molecule has 124 valence electrons. The van der Waals surface area contributed by atoms with Crippen molar-refractivity contribution < 1.29 is 14.3 Å². The molecule has 0 unspecified atom stereocenters. The second kappa shape index (κ2) is 7.62. The molecule has 7 nitrogen and oxygen atoms in total. The van der Waals surface area contributed by atoms with Gasteiger partial charge in [-0.2, -0.15) is 5.10 Å². The van der Waals surface area contributed by atoms with Gasteiger partial charge in [0.25, 0.3) is 0 Å². The third-order valence-corrected chi connectivity index (χ3v) is 3.54. The maximum atomic E-state index is 12.3. The molecule has 0 fully saturated rings. The molecule has 0 bridgehead atoms. The Morgan fingerprint density at radius 1 is 1.30 bits per heavy atom. The second-order valence-electron chi connectivity index (χ2n) is 5.26. The number of aromatic nitrogens is 3. The first-order valence-electron chi connectivity index (χ1n) is 7.36. The second-order valence-corrected chi connectivity index (χ2v) is 5.26. The Labute approximate surface area is 135 Å². The summed E-state index contributed by atoms with van der Waals surface area (Å²) in [4.78, 5) is 18.1. The number of hydrogen-bond acceptors (Lipinski definition) is 5. The molecule has 0 aliphatic heterocycles. The summed E-state index contributed by atoms with van der Waals surface area (Å²) in [5.74, 6) is 2.88. The van der Waals surface area contributed by atoms with Crippen LogP contribution in [0.2, 0.25) is 0 Å². The van der Waals surface area contributed by atoms with E-state index < -0.39 is 0 Å². The Kier molecular flexibility index (Phi) is 5.56. The molecular formula is C16H22N4O3. The molecule has 1 heterocycles. The summed E-state index contributed by atoms with van der Waals surface area (Å²) in [6.07, 6.45) is 0.958. The summed E-state index contributed by atoms with van der Waals surface area (Å²) < 4.78 is 10.6. The van der Waals surface area contributed by atoms with Gasteiger partial charge in [0.05, 0.1) is 20.8 Å². The molecule has 0 radical (unpaired) electrons. The number of carbonyl (C=O) groups excluding carboxylic acids is 1. The topological polar surface area (TPSA) is 80.3 Å². The quantitative estimate of drug-likeness (QED) is 0.841. The average molecular weight is 318 g/mol. The van der Waals surface area contributed by atoms with E-state index in [-0.39, 0.29) is 5.91 Å². The lowest BCUT2D eigenvalue weighted by Crippen LogP contribution is -2.27. The summed E-state index contributed by atoms with van der Waals surface area (Å²) in [6, 6.07) is 5.57. The van der Waals surface area contributed by atoms with Crippen molar-refractivity contribution in [2.45, 2.75) is 26.3 Å². The van der Waals surface area contributed by atoms with E-state index in [0.717, 1.165) is 22.9 Å². The van der Waals surface area contributed by atoms with Crippen molar-refractivity contribution in [3.05, 3.63) is 35.4 Å². The highest BCUT2D eigenvalue weighted by atomic mass is 16.5. The number of amides is 1. The van der Waals surface area contributed by atoms with Gasteiger partial charge >= 0.3 is 0 Å². The lowest BCUT2D eigenvalue weighted by Gasteiger charge is -2.16. The van der Waals surface area contributed by atoms with E-state index in [2.05, 4.69) is 15.2 Å². The first-order valence-corrected chi connectivity index (χ1v) is 7.36. The first-order chi connectivity index (χ1) is 11.0. The van der Waals surface area contributed by atoms with Gasteiger partial charge in [-0.05, 0) is 37.1 Å². The summed E-state index contributed by atoms with van der Waals surface area (Å²) in [5, 5.41) is 6.81. The van der Waals surface area contributed by atoms with Crippen LogP contribution >= 0.6 is 0 Å². The number of rotatable bonds is 7. The summed E-state index contributed by atoms with van der Waals surface area (Å²) >= 11 is 0. The number of carbonyl (C=O) groups is 1. The van der Waals surface area contributed by atoms with Crippen LogP contribution in [0.5, 0.6) is 11.5 Å². The average Bonchev–Trinajstić information content (AvgIpc) is 2.96. The number of aryl methyl sites for hydroxylation is 2. The molecule has 1 aromatic heterocycles. The smallest absolute Gasteiger partial charge is 0.223 e. The fraction of sp³-hybridized carbons (Fsp3) is 0.438. The van der Waals surface area contributed by atoms with Crippen LogP contribution in [0.25, 0.3) is 0 Å². The van der Waals surface area contributed by atoms with E-state index in [9.17, 15) is 4.79 Å². The van der Waals surface area contributed by atoms with E-state index in [1.807, 2.05) is 25.1 Å². The zero-order chi connectivity index (χ0) is 16.8. The third-order valence-electron chi connectivity index (χ3n) is 3.54. The molecule has 0 saturated heterocycles. The highest BCUT2D eigenvalue weighted by Crippen LogP contribution is 2.25. The van der Waals surface area contributed by atoms with Gasteiger partial charge in [-0.1, -0.05) is 0 Å². The number of nitrogens with zero attached hydrogens (tertiary/aromatic N) is 3. The van der Waals surface area contributed by atoms with Crippen LogP contribution in [0.3, 0.4) is 0 Å². The van der Waals surface area contributed by atoms with Gasteiger partial charge in [-0.3, -0.25) is 9.89 Å². The number of aromatic amines is 1. The standard InChI is InChI=1S/C16H22N4O3/c1-11-17-15(19-18-11)10-20(2)16(21)8-5-12-9-13(22-3)6-7-14(12)23-4/h6-7,9H,5,8,10H2,1-4H3,(H,17,18,19). The monoisotopic (exact) mass is 318 g/mol. The molecule has 23 heavy (non-hydrogen) atoms. The summed E-state index contributed by atoms with van der Waals surface area (Å²) in [5.41, 5.74) is 0.947. The molecule has 2 aromatic rings. The fourth-order valence-corrected chi connectivity index (χ4v) is 2.27. The van der Waals surface area contributed by atoms with E-state index in [1.165, 1.54) is 0 Å². The first kappa shape index (κ1) is 16.8. The largest absolute Gasteiger partial charge is 0.497 e. The van der Waals surface area contributed by atoms with Gasteiger partial charge in [0.1, 0.15) is 17.3 Å². The highest BCUT2D eigenvalue weighted by molar-refractivity contribution is 5.76. The van der Waals surface area contributed by atoms with Crippen molar-refractivity contribution in [3.8, 4) is 11.5 Å². The van der Waals surface area contributed by atoms with Crippen LogP contribution in [-0.2, 0) is 17.8 Å². The van der Waals surface area contributed by atoms with Gasteiger partial charge in [-0.25, -0.2) is 4.98 Å².